The summed E-state index contributed by atoms with van der Waals surface area (Å²) < 4.78 is 14.6. The fraction of sp³-hybridized carbons (Fsp3) is 0.100. The highest BCUT2D eigenvalue weighted by Crippen LogP contribution is 2.22. The molecule has 0 atom stereocenters. The Balaban J connectivity index is 2.34. The van der Waals surface area contributed by atoms with E-state index in [1.165, 1.54) is 18.2 Å². The fourth-order valence-corrected chi connectivity index (χ4v) is 1.67. The van der Waals surface area contributed by atoms with Crippen molar-refractivity contribution in [1.29, 1.82) is 0 Å². The predicted octanol–water partition coefficient (Wildman–Crippen LogP) is 2.21. The molecule has 18 heavy (non-hydrogen) atoms. The predicted molar refractivity (Wildman–Crippen MR) is 63.8 cm³/mol. The van der Waals surface area contributed by atoms with Gasteiger partial charge in [0, 0.05) is 10.6 Å². The molecule has 0 amide bonds. The molecule has 0 aliphatic heterocycles. The molecule has 1 aromatic carbocycles. The summed E-state index contributed by atoms with van der Waals surface area (Å²) in [6, 6.07) is 4.05. The zero-order chi connectivity index (χ0) is 13.3. The summed E-state index contributed by atoms with van der Waals surface area (Å²) in [7, 11) is 0. The van der Waals surface area contributed by atoms with Crippen LogP contribution in [0.1, 0.15) is 5.56 Å². The summed E-state index contributed by atoms with van der Waals surface area (Å²) in [4.78, 5) is 9.94. The van der Waals surface area contributed by atoms with Crippen LogP contribution in [0.2, 0.25) is 5.02 Å². The van der Waals surface area contributed by atoms with Gasteiger partial charge >= 0.3 is 5.69 Å². The van der Waals surface area contributed by atoms with E-state index >= 15 is 0 Å². The molecule has 0 saturated heterocycles. The zero-order valence-electron chi connectivity index (χ0n) is 9.01. The molecule has 0 fully saturated rings. The number of nitro groups is 1. The van der Waals surface area contributed by atoms with Crippen molar-refractivity contribution >= 4 is 23.1 Å². The summed E-state index contributed by atoms with van der Waals surface area (Å²) in [5.41, 5.74) is 5.49. The SMILES string of the molecule is Nc1c([N+](=O)[O-])cnn1Cc1cc(Cl)ccc1F. The lowest BCUT2D eigenvalue weighted by Gasteiger charge is -2.05. The molecule has 1 aromatic heterocycles. The molecule has 0 saturated carbocycles. The molecule has 0 radical (unpaired) electrons. The van der Waals surface area contributed by atoms with Gasteiger partial charge in [0.2, 0.25) is 5.82 Å². The van der Waals surface area contributed by atoms with Crippen molar-refractivity contribution in [2.24, 2.45) is 0 Å². The summed E-state index contributed by atoms with van der Waals surface area (Å²) in [5.74, 6) is -0.601. The van der Waals surface area contributed by atoms with Crippen molar-refractivity contribution in [3.05, 3.63) is 50.9 Å². The number of rotatable bonds is 3. The summed E-state index contributed by atoms with van der Waals surface area (Å²) in [6.07, 6.45) is 1.03. The van der Waals surface area contributed by atoms with Gasteiger partial charge in [0.05, 0.1) is 11.5 Å². The third-order valence-corrected chi connectivity index (χ3v) is 2.62. The third kappa shape index (κ3) is 2.25. The number of halogens is 2. The van der Waals surface area contributed by atoms with Gasteiger partial charge in [-0.15, -0.1) is 0 Å². The molecule has 8 heteroatoms. The lowest BCUT2D eigenvalue weighted by atomic mass is 10.2. The number of anilines is 1. The first-order valence-corrected chi connectivity index (χ1v) is 5.26. The first kappa shape index (κ1) is 12.3. The molecule has 0 aliphatic carbocycles. The number of benzene rings is 1. The van der Waals surface area contributed by atoms with Gasteiger partial charge in [-0.05, 0) is 18.2 Å². The van der Waals surface area contributed by atoms with Gasteiger partial charge in [-0.1, -0.05) is 11.6 Å². The quantitative estimate of drug-likeness (QED) is 0.684. The average Bonchev–Trinajstić information content (AvgIpc) is 2.66. The molecule has 0 bridgehead atoms. The molecule has 94 valence electrons. The second kappa shape index (κ2) is 4.61. The van der Waals surface area contributed by atoms with Crippen LogP contribution in [0.5, 0.6) is 0 Å². The van der Waals surface area contributed by atoms with Crippen LogP contribution in [0.4, 0.5) is 15.9 Å². The van der Waals surface area contributed by atoms with Crippen LogP contribution in [0.15, 0.2) is 24.4 Å². The lowest BCUT2D eigenvalue weighted by Crippen LogP contribution is -2.08. The minimum atomic E-state index is -0.646. The molecule has 2 N–H and O–H groups in total. The molecule has 0 aliphatic rings. The molecule has 1 heterocycles. The maximum atomic E-state index is 13.5. The van der Waals surface area contributed by atoms with Gasteiger partial charge in [-0.25, -0.2) is 9.07 Å². The molecule has 6 nitrogen and oxygen atoms in total. The Labute approximate surface area is 106 Å². The second-order valence-electron chi connectivity index (χ2n) is 3.57. The van der Waals surface area contributed by atoms with Crippen molar-refractivity contribution in [3.8, 4) is 0 Å². The fourth-order valence-electron chi connectivity index (χ4n) is 1.48. The minimum absolute atomic E-state index is 0.0218. The van der Waals surface area contributed by atoms with E-state index in [0.29, 0.717) is 5.02 Å². The molecular formula is C10H8ClFN4O2. The molecule has 2 rings (SSSR count). The van der Waals surface area contributed by atoms with Crippen molar-refractivity contribution in [2.75, 3.05) is 5.73 Å². The van der Waals surface area contributed by atoms with Crippen LogP contribution in [0.25, 0.3) is 0 Å². The highest BCUT2D eigenvalue weighted by Gasteiger charge is 2.18. The van der Waals surface area contributed by atoms with Crippen LogP contribution >= 0.6 is 11.6 Å². The largest absolute Gasteiger partial charge is 0.378 e. The van der Waals surface area contributed by atoms with Gasteiger partial charge < -0.3 is 5.73 Å². The molecule has 0 spiro atoms. The second-order valence-corrected chi connectivity index (χ2v) is 4.00. The highest BCUT2D eigenvalue weighted by atomic mass is 35.5. The first-order chi connectivity index (χ1) is 8.49. The van der Waals surface area contributed by atoms with Gasteiger partial charge in [-0.3, -0.25) is 10.1 Å². The Kier molecular flexibility index (Phi) is 3.15. The molecular weight excluding hydrogens is 263 g/mol. The van der Waals surface area contributed by atoms with Crippen molar-refractivity contribution in [1.82, 2.24) is 9.78 Å². The van der Waals surface area contributed by atoms with E-state index in [4.69, 9.17) is 17.3 Å². The Morgan fingerprint density at radius 2 is 2.28 bits per heavy atom. The lowest BCUT2D eigenvalue weighted by molar-refractivity contribution is -0.384. The van der Waals surface area contributed by atoms with E-state index in [1.807, 2.05) is 0 Å². The van der Waals surface area contributed by atoms with Crippen LogP contribution in [-0.2, 0) is 6.54 Å². The van der Waals surface area contributed by atoms with Crippen LogP contribution in [0.3, 0.4) is 0 Å². The summed E-state index contributed by atoms with van der Waals surface area (Å²) >= 11 is 5.74. The highest BCUT2D eigenvalue weighted by molar-refractivity contribution is 6.30. The maximum Gasteiger partial charge on any atom is 0.330 e. The monoisotopic (exact) mass is 270 g/mol. The van der Waals surface area contributed by atoms with Crippen molar-refractivity contribution in [3.63, 3.8) is 0 Å². The Bertz CT molecular complexity index is 614. The summed E-state index contributed by atoms with van der Waals surface area (Å²) in [6.45, 7) is -0.0218. The number of nitrogen functional groups attached to an aromatic ring is 1. The number of hydrogen-bond donors (Lipinski definition) is 1. The average molecular weight is 271 g/mol. The van der Waals surface area contributed by atoms with E-state index < -0.39 is 10.7 Å². The van der Waals surface area contributed by atoms with E-state index in [1.54, 1.807) is 0 Å². The van der Waals surface area contributed by atoms with Gasteiger partial charge in [-0.2, -0.15) is 5.10 Å². The topological polar surface area (TPSA) is 87.0 Å². The number of hydrogen-bond acceptors (Lipinski definition) is 4. The Morgan fingerprint density at radius 1 is 1.56 bits per heavy atom. The first-order valence-electron chi connectivity index (χ1n) is 4.88. The van der Waals surface area contributed by atoms with E-state index in [-0.39, 0.29) is 23.6 Å². The van der Waals surface area contributed by atoms with Crippen LogP contribution in [0, 0.1) is 15.9 Å². The minimum Gasteiger partial charge on any atom is -0.378 e. The number of nitrogens with zero attached hydrogens (tertiary/aromatic N) is 3. The molecule has 2 aromatic rings. The standard InChI is InChI=1S/C10H8ClFN4O2/c11-7-1-2-8(12)6(3-7)5-15-10(13)9(4-14-15)16(17)18/h1-4H,5,13H2. The number of nitrogens with two attached hydrogens (primary N) is 1. The van der Waals surface area contributed by atoms with Crippen LogP contribution in [-0.4, -0.2) is 14.7 Å². The normalized spacial score (nSPS) is 10.6. The zero-order valence-corrected chi connectivity index (χ0v) is 9.76. The van der Waals surface area contributed by atoms with Gasteiger partial charge in [0.15, 0.2) is 0 Å². The maximum absolute atomic E-state index is 13.5. The van der Waals surface area contributed by atoms with Crippen molar-refractivity contribution < 1.29 is 9.31 Å². The summed E-state index contributed by atoms with van der Waals surface area (Å²) in [5, 5.41) is 14.7. The van der Waals surface area contributed by atoms with E-state index in [2.05, 4.69) is 5.10 Å². The molecule has 0 unspecified atom stereocenters. The van der Waals surface area contributed by atoms with E-state index in [9.17, 15) is 14.5 Å². The Morgan fingerprint density at radius 3 is 2.89 bits per heavy atom. The van der Waals surface area contributed by atoms with E-state index in [0.717, 1.165) is 10.9 Å². The smallest absolute Gasteiger partial charge is 0.330 e. The van der Waals surface area contributed by atoms with Gasteiger partial charge in [0.25, 0.3) is 0 Å². The third-order valence-electron chi connectivity index (χ3n) is 2.38. The van der Waals surface area contributed by atoms with Gasteiger partial charge in [0.1, 0.15) is 12.0 Å². The Hall–Kier alpha value is -2.15. The van der Waals surface area contributed by atoms with Crippen LogP contribution < -0.4 is 5.73 Å². The number of aromatic nitrogens is 2. The van der Waals surface area contributed by atoms with Crippen molar-refractivity contribution in [2.45, 2.75) is 6.54 Å².